The topological polar surface area (TPSA) is 55.2 Å². The highest BCUT2D eigenvalue weighted by Gasteiger charge is 2.30. The van der Waals surface area contributed by atoms with Gasteiger partial charge in [-0.2, -0.15) is 5.10 Å². The third kappa shape index (κ3) is 3.96. The third-order valence-corrected chi connectivity index (χ3v) is 5.61. The van der Waals surface area contributed by atoms with Crippen LogP contribution in [0.5, 0.6) is 0 Å². The van der Waals surface area contributed by atoms with Crippen LogP contribution in [0.3, 0.4) is 0 Å². The van der Waals surface area contributed by atoms with Gasteiger partial charge in [0.2, 0.25) is 0 Å². The molecule has 24 heavy (non-hydrogen) atoms. The zero-order valence-corrected chi connectivity index (χ0v) is 15.6. The Morgan fingerprint density at radius 1 is 1.38 bits per heavy atom. The van der Waals surface area contributed by atoms with Crippen molar-refractivity contribution in [1.29, 1.82) is 0 Å². The Balaban J connectivity index is 1.51. The molecule has 1 aliphatic heterocycles. The summed E-state index contributed by atoms with van der Waals surface area (Å²) in [6.07, 6.45) is 7.24. The number of aryl methyl sites for hydroxylation is 1. The lowest BCUT2D eigenvalue weighted by molar-refractivity contribution is 0.0904. The van der Waals surface area contributed by atoms with Crippen molar-refractivity contribution < 1.29 is 4.74 Å². The Morgan fingerprint density at radius 2 is 2.21 bits per heavy atom. The predicted octanol–water partition coefficient (Wildman–Crippen LogP) is 2.59. The molecule has 0 unspecified atom stereocenters. The van der Waals surface area contributed by atoms with E-state index in [1.54, 1.807) is 11.3 Å². The minimum Gasteiger partial charge on any atom is -0.373 e. The van der Waals surface area contributed by atoms with Crippen LogP contribution in [0.15, 0.2) is 18.6 Å². The Morgan fingerprint density at radius 3 is 2.92 bits per heavy atom. The molecule has 0 saturated carbocycles. The smallest absolute Gasteiger partial charge is 0.185 e. The van der Waals surface area contributed by atoms with E-state index in [4.69, 9.17) is 4.74 Å². The summed E-state index contributed by atoms with van der Waals surface area (Å²) in [4.78, 5) is 8.12. The molecule has 6 nitrogen and oxygen atoms in total. The van der Waals surface area contributed by atoms with E-state index < -0.39 is 0 Å². The molecule has 7 heteroatoms. The number of anilines is 1. The first-order valence-corrected chi connectivity index (χ1v) is 9.53. The Hall–Kier alpha value is -1.44. The number of nitrogens with one attached hydrogen (secondary N) is 1. The van der Waals surface area contributed by atoms with Crippen molar-refractivity contribution in [3.05, 3.63) is 29.0 Å². The van der Waals surface area contributed by atoms with Gasteiger partial charge in [-0.05, 0) is 20.3 Å². The lowest BCUT2D eigenvalue weighted by Crippen LogP contribution is -2.24. The average molecular weight is 350 g/mol. The molecule has 2 atom stereocenters. The van der Waals surface area contributed by atoms with Gasteiger partial charge in [0.05, 0.1) is 12.3 Å². The molecule has 0 spiro atoms. The predicted molar refractivity (Wildman–Crippen MR) is 97.4 cm³/mol. The van der Waals surface area contributed by atoms with E-state index in [9.17, 15) is 0 Å². The van der Waals surface area contributed by atoms with E-state index in [1.807, 2.05) is 24.1 Å². The van der Waals surface area contributed by atoms with Crippen LogP contribution in [0.1, 0.15) is 36.8 Å². The second kappa shape index (κ2) is 8.09. The highest BCUT2D eigenvalue weighted by Crippen LogP contribution is 2.33. The fraction of sp³-hybridized carbons (Fsp3) is 0.647. The fourth-order valence-corrected chi connectivity index (χ4v) is 4.21. The maximum absolute atomic E-state index is 5.92. The minimum atomic E-state index is 0.166. The van der Waals surface area contributed by atoms with Crippen LogP contribution in [0.4, 0.5) is 5.13 Å². The lowest BCUT2D eigenvalue weighted by Gasteiger charge is -2.17. The van der Waals surface area contributed by atoms with Crippen molar-refractivity contribution in [2.24, 2.45) is 13.0 Å². The SMILES string of the molecule is CCN(CC)c1ncc(CNC[C@@H]2CCO[C@@H]2c2cnn(C)c2)s1. The number of rotatable bonds is 8. The van der Waals surface area contributed by atoms with E-state index in [0.717, 1.165) is 44.3 Å². The van der Waals surface area contributed by atoms with Gasteiger partial charge in [-0.15, -0.1) is 11.3 Å². The molecule has 3 heterocycles. The summed E-state index contributed by atoms with van der Waals surface area (Å²) in [5, 5.41) is 8.97. The summed E-state index contributed by atoms with van der Waals surface area (Å²) in [6.45, 7) is 9.00. The van der Waals surface area contributed by atoms with Gasteiger partial charge in [-0.25, -0.2) is 4.98 Å². The third-order valence-electron chi connectivity index (χ3n) is 4.55. The van der Waals surface area contributed by atoms with Gasteiger partial charge in [-0.1, -0.05) is 0 Å². The normalized spacial score (nSPS) is 20.6. The maximum atomic E-state index is 5.92. The second-order valence-electron chi connectivity index (χ2n) is 6.20. The van der Waals surface area contributed by atoms with Crippen molar-refractivity contribution in [3.8, 4) is 0 Å². The first kappa shape index (κ1) is 17.4. The molecule has 1 fully saturated rings. The Labute approximate surface area is 147 Å². The van der Waals surface area contributed by atoms with Crippen LogP contribution in [0.25, 0.3) is 0 Å². The molecule has 1 saturated heterocycles. The largest absolute Gasteiger partial charge is 0.373 e. The molecule has 0 bridgehead atoms. The van der Waals surface area contributed by atoms with Crippen LogP contribution >= 0.6 is 11.3 Å². The van der Waals surface area contributed by atoms with Gasteiger partial charge >= 0.3 is 0 Å². The van der Waals surface area contributed by atoms with Gasteiger partial charge in [0.25, 0.3) is 0 Å². The standard InChI is InChI=1S/C17H27N5OS/c1-4-22(5-2)17-19-11-15(24-17)10-18-8-13-6-7-23-16(13)14-9-20-21(3)12-14/h9,11-13,16,18H,4-8,10H2,1-3H3/t13-,16-/m0/s1. The Bertz CT molecular complexity index is 636. The van der Waals surface area contributed by atoms with E-state index in [-0.39, 0.29) is 6.10 Å². The van der Waals surface area contributed by atoms with Gasteiger partial charge in [0, 0.05) is 68.6 Å². The molecule has 0 aliphatic carbocycles. The highest BCUT2D eigenvalue weighted by molar-refractivity contribution is 7.15. The van der Waals surface area contributed by atoms with E-state index in [2.05, 4.69) is 40.3 Å². The van der Waals surface area contributed by atoms with Crippen LogP contribution in [0.2, 0.25) is 0 Å². The van der Waals surface area contributed by atoms with Gasteiger partial charge in [-0.3, -0.25) is 4.68 Å². The monoisotopic (exact) mass is 349 g/mol. The molecule has 3 rings (SSSR count). The van der Waals surface area contributed by atoms with E-state index in [0.29, 0.717) is 5.92 Å². The van der Waals surface area contributed by atoms with Crippen LogP contribution in [-0.2, 0) is 18.3 Å². The maximum Gasteiger partial charge on any atom is 0.185 e. The molecule has 0 radical (unpaired) electrons. The summed E-state index contributed by atoms with van der Waals surface area (Å²) in [5.41, 5.74) is 1.18. The number of aromatic nitrogens is 3. The number of hydrogen-bond donors (Lipinski definition) is 1. The zero-order chi connectivity index (χ0) is 16.9. The number of ether oxygens (including phenoxy) is 1. The van der Waals surface area contributed by atoms with Crippen LogP contribution < -0.4 is 10.2 Å². The number of hydrogen-bond acceptors (Lipinski definition) is 6. The van der Waals surface area contributed by atoms with Crippen molar-refractivity contribution in [3.63, 3.8) is 0 Å². The summed E-state index contributed by atoms with van der Waals surface area (Å²) in [5.74, 6) is 0.504. The molecule has 1 N–H and O–H groups in total. The minimum absolute atomic E-state index is 0.166. The molecule has 132 valence electrons. The molecular weight excluding hydrogens is 322 g/mol. The van der Waals surface area contributed by atoms with E-state index in [1.165, 1.54) is 10.4 Å². The summed E-state index contributed by atoms with van der Waals surface area (Å²) in [6, 6.07) is 0. The molecule has 0 aromatic carbocycles. The summed E-state index contributed by atoms with van der Waals surface area (Å²) < 4.78 is 7.76. The van der Waals surface area contributed by atoms with Crippen LogP contribution in [-0.4, -0.2) is 41.0 Å². The molecule has 0 amide bonds. The number of thiazole rings is 1. The number of nitrogens with zero attached hydrogens (tertiary/aromatic N) is 4. The summed E-state index contributed by atoms with van der Waals surface area (Å²) >= 11 is 1.78. The van der Waals surface area contributed by atoms with Crippen LogP contribution in [0, 0.1) is 5.92 Å². The van der Waals surface area contributed by atoms with Crippen molar-refractivity contribution in [1.82, 2.24) is 20.1 Å². The average Bonchev–Trinajstić information content (AvgIpc) is 3.30. The van der Waals surface area contributed by atoms with Crippen molar-refractivity contribution in [2.75, 3.05) is 31.1 Å². The highest BCUT2D eigenvalue weighted by atomic mass is 32.1. The summed E-state index contributed by atoms with van der Waals surface area (Å²) in [7, 11) is 1.95. The molecule has 2 aromatic rings. The first-order valence-electron chi connectivity index (χ1n) is 8.71. The van der Waals surface area contributed by atoms with Crippen molar-refractivity contribution >= 4 is 16.5 Å². The molecule has 2 aromatic heterocycles. The van der Waals surface area contributed by atoms with Gasteiger partial charge in [0.15, 0.2) is 5.13 Å². The second-order valence-corrected chi connectivity index (χ2v) is 7.29. The van der Waals surface area contributed by atoms with Crippen molar-refractivity contribution in [2.45, 2.75) is 32.9 Å². The first-order chi connectivity index (χ1) is 11.7. The zero-order valence-electron chi connectivity index (χ0n) is 14.7. The fourth-order valence-electron chi connectivity index (χ4n) is 3.20. The Kier molecular flexibility index (Phi) is 5.86. The van der Waals surface area contributed by atoms with Gasteiger partial charge in [0.1, 0.15) is 0 Å². The van der Waals surface area contributed by atoms with E-state index >= 15 is 0 Å². The molecule has 1 aliphatic rings. The van der Waals surface area contributed by atoms with Gasteiger partial charge < -0.3 is 15.0 Å². The lowest BCUT2D eigenvalue weighted by atomic mass is 9.97. The quantitative estimate of drug-likeness (QED) is 0.794. The molecular formula is C17H27N5OS.